The van der Waals surface area contributed by atoms with Crippen molar-refractivity contribution >= 4 is 89.1 Å². The fourth-order valence-corrected chi connectivity index (χ4v) is 25.6. The van der Waals surface area contributed by atoms with Crippen LogP contribution in [-0.4, -0.2) is 205 Å². The lowest BCUT2D eigenvalue weighted by Crippen LogP contribution is -2.55. The van der Waals surface area contributed by atoms with Crippen LogP contribution < -0.4 is 40.9 Å². The lowest BCUT2D eigenvalue weighted by atomic mass is 9.68. The molecule has 4 aliphatic heterocycles. The number of para-hydroxylation sites is 2. The number of sulfone groups is 2. The van der Waals surface area contributed by atoms with Gasteiger partial charge < -0.3 is 25.8 Å². The third kappa shape index (κ3) is 20.4. The van der Waals surface area contributed by atoms with Gasteiger partial charge in [0.25, 0.3) is 5.91 Å². The molecule has 6 aliphatic carbocycles. The van der Waals surface area contributed by atoms with E-state index in [4.69, 9.17) is 0 Å². The SMILES string of the molecule is CN(C)C1(c2ccccc2)CCC2(CC1)CN(c1ccc(-c3ccccc3)s1)C(=O)N2.CN(C)C1(c2ccccc2)CCC2(CC1)CN(c1ccccc1CS(C)(=O)=O)C(=O)N2CC1CC1.CN(C)C1(c2ccccc2)CCC2(CC1)CN(c1cnc(NC(=O)c3ccccc3)nc1)C(=O)N2.CNC1(c2ccccc2)CCC2(CC1)CN(c1ccccc1CS(C)(=O)=O)C(=O)N2CC1CC1. The average molecular weight is 1880 g/mol. The second-order valence-corrected chi connectivity index (χ2v) is 45.8. The highest BCUT2D eigenvalue weighted by Gasteiger charge is 2.59. The maximum Gasteiger partial charge on any atom is 0.325 e. The first kappa shape index (κ1) is 95.6. The zero-order chi connectivity index (χ0) is 94.8. The molecule has 0 atom stereocenters. The maximum atomic E-state index is 13.9. The Balaban J connectivity index is 0.000000125. The molecule has 0 radical (unpaired) electrons. The molecule has 9 amide bonds. The molecule has 135 heavy (non-hydrogen) atoms. The Labute approximate surface area is 801 Å². The monoisotopic (exact) mass is 1880 g/mol. The van der Waals surface area contributed by atoms with Crippen LogP contribution in [0.3, 0.4) is 0 Å². The van der Waals surface area contributed by atoms with Crippen LogP contribution in [0.15, 0.2) is 255 Å². The van der Waals surface area contributed by atoms with Gasteiger partial charge in [-0.1, -0.05) is 206 Å². The topological polar surface area (TPSA) is 257 Å². The Hall–Kier alpha value is -11.2. The number of anilines is 5. The van der Waals surface area contributed by atoms with E-state index in [0.717, 1.165) is 139 Å². The molecule has 6 heterocycles. The molecular weight excluding hydrogens is 1750 g/mol. The molecule has 20 rings (SSSR count). The fourth-order valence-electron chi connectivity index (χ4n) is 23.0. The number of rotatable bonds is 23. The standard InChI is InChI=1S/C28H37N3O3S.C27H30N6O2.C27H35N3O3S.C26H29N3OS/c1-29(2)28(24-10-5-4-6-11-24)17-15-27(16-18-28)21-30(26(32)31(27)19-22-13-14-22)25-12-8-7-9-23(25)20-35(3,33)34;1-32(2)27(21-11-7-4-8-12-21)15-13-26(14-16-27)19-33(25(35)31-26)22-17-28-24(29-18-22)30-23(34)20-9-5-3-6-10-20;1-28-27(23-9-4-3-5-10-23)16-14-26(15-17-27)20-29(25(31)30(26)18-21-12-13-21)24-11-7-6-8-22(24)19-34(2,32)33;1-28(2)26(21-11-7-4-8-12-21)17-15-25(16-18-26)19-29(24(30)27-25)23-14-13-22(31-23)20-9-5-3-6-10-20/h4-12,22H,13-21H2,1-3H3;3-12,17-18H,13-16,19H2,1-2H3,(H,31,35)(H,28,29,30,34);3-11,21,28H,12-20H2,1-2H3;3-14H,15-19H2,1-2H3,(H,27,30). The highest BCUT2D eigenvalue weighted by molar-refractivity contribution is 7.90. The minimum Gasteiger partial charge on any atom is -0.330 e. The lowest BCUT2D eigenvalue weighted by Gasteiger charge is -2.51. The highest BCUT2D eigenvalue weighted by Crippen LogP contribution is 2.55. The summed E-state index contributed by atoms with van der Waals surface area (Å²) in [6.45, 7) is 4.18. The van der Waals surface area contributed by atoms with Gasteiger partial charge in [0.05, 0.1) is 82.9 Å². The van der Waals surface area contributed by atoms with Gasteiger partial charge in [-0.2, -0.15) is 0 Å². The number of thiophene rings is 1. The second-order valence-electron chi connectivity index (χ2n) is 40.4. The van der Waals surface area contributed by atoms with Crippen LogP contribution in [0.5, 0.6) is 0 Å². The van der Waals surface area contributed by atoms with Gasteiger partial charge in [0.15, 0.2) is 19.7 Å². The molecule has 8 aromatic carbocycles. The number of nitrogens with one attached hydrogen (secondary N) is 4. The number of aromatic nitrogens is 2. The summed E-state index contributed by atoms with van der Waals surface area (Å²) in [5.41, 5.74) is 9.62. The first-order valence-electron chi connectivity index (χ1n) is 48.0. The van der Waals surface area contributed by atoms with E-state index in [1.54, 1.807) is 52.9 Å². The molecule has 4 spiro atoms. The van der Waals surface area contributed by atoms with Crippen LogP contribution in [0.25, 0.3) is 10.4 Å². The van der Waals surface area contributed by atoms with Crippen LogP contribution >= 0.6 is 11.3 Å². The molecular formula is C108H131N15O9S3. The minimum absolute atomic E-state index is 0.0320. The van der Waals surface area contributed by atoms with Gasteiger partial charge >= 0.3 is 24.1 Å². The molecule has 2 aromatic heterocycles. The predicted molar refractivity (Wildman–Crippen MR) is 540 cm³/mol. The van der Waals surface area contributed by atoms with Gasteiger partial charge in [0.1, 0.15) is 0 Å². The summed E-state index contributed by atoms with van der Waals surface area (Å²) in [6, 6.07) is 81.3. The Kier molecular flexibility index (Phi) is 27.7. The number of hydrogen-bond donors (Lipinski definition) is 4. The quantitative estimate of drug-likeness (QED) is 0.0464. The summed E-state index contributed by atoms with van der Waals surface area (Å²) in [4.78, 5) is 94.5. The maximum absolute atomic E-state index is 13.9. The van der Waals surface area contributed by atoms with Crippen molar-refractivity contribution in [2.24, 2.45) is 11.8 Å². The summed E-state index contributed by atoms with van der Waals surface area (Å²) >= 11 is 1.69. The summed E-state index contributed by atoms with van der Waals surface area (Å²) in [7, 11) is 8.59. The first-order valence-corrected chi connectivity index (χ1v) is 52.9. The molecule has 4 saturated heterocycles. The number of carbonyl (C=O) groups is 5. The molecule has 4 N–H and O–H groups in total. The Morgan fingerprint density at radius 1 is 0.415 bits per heavy atom. The molecule has 27 heteroatoms. The van der Waals surface area contributed by atoms with Crippen molar-refractivity contribution in [3.8, 4) is 10.4 Å². The second kappa shape index (κ2) is 39.1. The summed E-state index contributed by atoms with van der Waals surface area (Å²) in [5.74, 6) is 1.00. The van der Waals surface area contributed by atoms with E-state index in [1.165, 1.54) is 70.9 Å². The van der Waals surface area contributed by atoms with Gasteiger partial charge in [-0.3, -0.25) is 44.4 Å². The largest absolute Gasteiger partial charge is 0.330 e. The molecule has 10 aliphatic rings. The Morgan fingerprint density at radius 2 is 0.770 bits per heavy atom. The molecule has 6 saturated carbocycles. The van der Waals surface area contributed by atoms with E-state index < -0.39 is 19.7 Å². The summed E-state index contributed by atoms with van der Waals surface area (Å²) < 4.78 is 48.4. The van der Waals surface area contributed by atoms with Crippen LogP contribution in [0.1, 0.15) is 172 Å². The van der Waals surface area contributed by atoms with Crippen LogP contribution in [0.2, 0.25) is 0 Å². The van der Waals surface area contributed by atoms with E-state index >= 15 is 0 Å². The highest BCUT2D eigenvalue weighted by atomic mass is 32.2. The number of benzene rings is 8. The average Bonchev–Trinajstić information content (AvgIpc) is 1.59. The molecule has 0 bridgehead atoms. The van der Waals surface area contributed by atoms with E-state index in [9.17, 15) is 40.8 Å². The van der Waals surface area contributed by atoms with Crippen molar-refractivity contribution in [3.05, 3.63) is 294 Å². The Morgan fingerprint density at radius 3 is 1.16 bits per heavy atom. The van der Waals surface area contributed by atoms with Gasteiger partial charge in [-0.25, -0.2) is 46.0 Å². The molecule has 0 unspecified atom stereocenters. The van der Waals surface area contributed by atoms with Crippen molar-refractivity contribution in [3.63, 3.8) is 0 Å². The van der Waals surface area contributed by atoms with E-state index in [-0.39, 0.29) is 91.8 Å². The molecule has 24 nitrogen and oxygen atoms in total. The van der Waals surface area contributed by atoms with E-state index in [0.29, 0.717) is 53.8 Å². The van der Waals surface area contributed by atoms with E-state index in [1.807, 2.05) is 88.5 Å². The number of nitrogens with zero attached hydrogens (tertiary/aromatic N) is 11. The van der Waals surface area contributed by atoms with Gasteiger partial charge in [0, 0.05) is 69.6 Å². The van der Waals surface area contributed by atoms with Crippen molar-refractivity contribution in [2.75, 3.05) is 126 Å². The third-order valence-electron chi connectivity index (χ3n) is 31.3. The van der Waals surface area contributed by atoms with Crippen molar-refractivity contribution < 1.29 is 40.8 Å². The zero-order valence-corrected chi connectivity index (χ0v) is 82.0. The molecule has 10 fully saturated rings. The van der Waals surface area contributed by atoms with E-state index in [2.05, 4.69) is 250 Å². The lowest BCUT2D eigenvalue weighted by molar-refractivity contribution is 0.0249. The normalized spacial score (nSPS) is 26.2. The smallest absolute Gasteiger partial charge is 0.325 e. The molecule has 710 valence electrons. The van der Waals surface area contributed by atoms with Crippen molar-refractivity contribution in [2.45, 2.75) is 184 Å². The number of urea groups is 4. The van der Waals surface area contributed by atoms with Crippen molar-refractivity contribution in [1.29, 1.82) is 0 Å². The predicted octanol–water partition coefficient (Wildman–Crippen LogP) is 18.7. The van der Waals surface area contributed by atoms with Gasteiger partial charge in [0.2, 0.25) is 5.95 Å². The van der Waals surface area contributed by atoms with Crippen LogP contribution in [0.4, 0.5) is 47.2 Å². The van der Waals surface area contributed by atoms with Gasteiger partial charge in [-0.05, 0) is 265 Å². The van der Waals surface area contributed by atoms with Crippen LogP contribution in [-0.2, 0) is 53.3 Å². The first-order chi connectivity index (χ1) is 64.8. The minimum atomic E-state index is -3.22. The third-order valence-corrected chi connectivity index (χ3v) is 34.2. The summed E-state index contributed by atoms with van der Waals surface area (Å²) in [6.07, 6.45) is 25.8. The number of carbonyl (C=O) groups excluding carboxylic acids is 5. The molecule has 10 aromatic rings. The van der Waals surface area contributed by atoms with Crippen LogP contribution in [0, 0.1) is 11.8 Å². The van der Waals surface area contributed by atoms with Crippen molar-refractivity contribution in [1.82, 2.24) is 50.4 Å². The fraction of sp³-hybridized carbons (Fsp3) is 0.435. The zero-order valence-electron chi connectivity index (χ0n) is 79.5. The number of hydrogen-bond acceptors (Lipinski definition) is 16. The Bertz CT molecular complexity index is 6060. The number of amides is 9. The summed E-state index contributed by atoms with van der Waals surface area (Å²) in [5, 5.41) is 14.0. The van der Waals surface area contributed by atoms with Gasteiger partial charge in [-0.15, -0.1) is 11.3 Å².